The number of fused-ring (bicyclic) bond motifs is 1. The number of nitrogens with two attached hydrogens (primary N) is 1. The van der Waals surface area contributed by atoms with Gasteiger partial charge in [-0.3, -0.25) is 4.40 Å². The molecule has 0 unspecified atom stereocenters. The largest absolute Gasteiger partial charge is 0.383 e. The molecule has 0 atom stereocenters. The number of benzene rings is 1. The third-order valence-electron chi connectivity index (χ3n) is 2.77. The lowest BCUT2D eigenvalue weighted by Gasteiger charge is -2.01. The number of hydrogen-bond donors (Lipinski definition) is 1. The van der Waals surface area contributed by atoms with Gasteiger partial charge in [-0.1, -0.05) is 29.8 Å². The van der Waals surface area contributed by atoms with Crippen LogP contribution in [0.2, 0.25) is 5.02 Å². The average Bonchev–Trinajstić information content (AvgIpc) is 2.70. The van der Waals surface area contributed by atoms with E-state index in [1.807, 2.05) is 47.0 Å². The molecule has 3 aromatic rings. The van der Waals surface area contributed by atoms with E-state index in [1.165, 1.54) is 0 Å². The first-order valence-electron chi connectivity index (χ1n) is 5.35. The summed E-state index contributed by atoms with van der Waals surface area (Å²) in [6.07, 6.45) is 1.88. The number of aromatic nitrogens is 2. The van der Waals surface area contributed by atoms with Gasteiger partial charge < -0.3 is 5.73 Å². The van der Waals surface area contributed by atoms with Crippen molar-refractivity contribution >= 4 is 39.0 Å². The van der Waals surface area contributed by atoms with Crippen LogP contribution in [0.15, 0.2) is 47.1 Å². The first-order chi connectivity index (χ1) is 8.68. The Kier molecular flexibility index (Phi) is 2.76. The summed E-state index contributed by atoms with van der Waals surface area (Å²) in [6, 6.07) is 11.4. The van der Waals surface area contributed by atoms with Crippen molar-refractivity contribution < 1.29 is 0 Å². The number of rotatable bonds is 1. The minimum Gasteiger partial charge on any atom is -0.383 e. The Labute approximate surface area is 117 Å². The summed E-state index contributed by atoms with van der Waals surface area (Å²) in [5, 5.41) is 0.642. The summed E-state index contributed by atoms with van der Waals surface area (Å²) in [6.45, 7) is 0. The van der Waals surface area contributed by atoms with Crippen molar-refractivity contribution in [1.29, 1.82) is 0 Å². The van der Waals surface area contributed by atoms with E-state index in [9.17, 15) is 0 Å². The molecular weight excluding hydrogens is 314 g/mol. The molecule has 2 heterocycles. The minimum absolute atomic E-state index is 0.583. The number of nitrogens with zero attached hydrogens (tertiary/aromatic N) is 2. The fourth-order valence-corrected chi connectivity index (χ4v) is 2.56. The first kappa shape index (κ1) is 11.6. The Balaban J connectivity index is 2.35. The zero-order chi connectivity index (χ0) is 12.7. The fraction of sp³-hybridized carbons (Fsp3) is 0. The fourth-order valence-electron chi connectivity index (χ4n) is 1.90. The molecule has 3 rings (SSSR count). The molecule has 0 aliphatic rings. The summed E-state index contributed by atoms with van der Waals surface area (Å²) in [5.41, 5.74) is 8.45. The van der Waals surface area contributed by atoms with Crippen molar-refractivity contribution in [2.45, 2.75) is 0 Å². The van der Waals surface area contributed by atoms with E-state index in [-0.39, 0.29) is 0 Å². The molecule has 18 heavy (non-hydrogen) atoms. The van der Waals surface area contributed by atoms with E-state index in [0.29, 0.717) is 16.5 Å². The molecule has 0 bridgehead atoms. The second-order valence-electron chi connectivity index (χ2n) is 3.88. The first-order valence-corrected chi connectivity index (χ1v) is 6.52. The van der Waals surface area contributed by atoms with E-state index in [1.54, 1.807) is 0 Å². The molecule has 0 saturated carbocycles. The van der Waals surface area contributed by atoms with Gasteiger partial charge in [0, 0.05) is 11.8 Å². The molecule has 0 radical (unpaired) electrons. The molecule has 1 aromatic carbocycles. The van der Waals surface area contributed by atoms with E-state index in [2.05, 4.69) is 20.9 Å². The Hall–Kier alpha value is -1.52. The Morgan fingerprint density at radius 3 is 2.67 bits per heavy atom. The SMILES string of the molecule is Nc1c(-c2ccccc2Cl)nc2c(Br)cccn12. The summed E-state index contributed by atoms with van der Waals surface area (Å²) in [5.74, 6) is 0.583. The maximum Gasteiger partial charge on any atom is 0.153 e. The van der Waals surface area contributed by atoms with Crippen LogP contribution >= 0.6 is 27.5 Å². The van der Waals surface area contributed by atoms with Crippen molar-refractivity contribution in [3.05, 3.63) is 52.1 Å². The highest BCUT2D eigenvalue weighted by Crippen LogP contribution is 2.33. The van der Waals surface area contributed by atoms with Gasteiger partial charge in [0.05, 0.1) is 9.50 Å². The summed E-state index contributed by atoms with van der Waals surface area (Å²) < 4.78 is 2.73. The van der Waals surface area contributed by atoms with Crippen LogP contribution in [0.25, 0.3) is 16.9 Å². The normalized spacial score (nSPS) is 11.0. The van der Waals surface area contributed by atoms with Crippen LogP contribution in [0.1, 0.15) is 0 Å². The highest BCUT2D eigenvalue weighted by Gasteiger charge is 2.14. The highest BCUT2D eigenvalue weighted by atomic mass is 79.9. The maximum absolute atomic E-state index is 6.18. The van der Waals surface area contributed by atoms with E-state index < -0.39 is 0 Å². The van der Waals surface area contributed by atoms with Crippen LogP contribution < -0.4 is 5.73 Å². The molecule has 3 nitrogen and oxygen atoms in total. The number of pyridine rings is 1. The highest BCUT2D eigenvalue weighted by molar-refractivity contribution is 9.10. The summed E-state index contributed by atoms with van der Waals surface area (Å²) in [7, 11) is 0. The number of hydrogen-bond acceptors (Lipinski definition) is 2. The average molecular weight is 323 g/mol. The van der Waals surface area contributed by atoms with Crippen LogP contribution in [-0.2, 0) is 0 Å². The van der Waals surface area contributed by atoms with Crippen molar-refractivity contribution in [1.82, 2.24) is 9.38 Å². The molecule has 0 fully saturated rings. The standard InChI is InChI=1S/C13H9BrClN3/c14-9-5-3-7-18-12(16)11(17-13(9)18)8-4-1-2-6-10(8)15/h1-7H,16H2. The Bertz CT molecular complexity index is 736. The predicted molar refractivity (Wildman–Crippen MR) is 77.8 cm³/mol. The van der Waals surface area contributed by atoms with E-state index in [0.717, 1.165) is 15.7 Å². The molecule has 90 valence electrons. The van der Waals surface area contributed by atoms with Crippen LogP contribution in [0.3, 0.4) is 0 Å². The molecule has 2 aromatic heterocycles. The predicted octanol–water partition coefficient (Wildman–Crippen LogP) is 4.00. The third kappa shape index (κ3) is 1.69. The second-order valence-corrected chi connectivity index (χ2v) is 5.14. The van der Waals surface area contributed by atoms with Gasteiger partial charge in [-0.2, -0.15) is 0 Å². The zero-order valence-corrected chi connectivity index (χ0v) is 11.6. The van der Waals surface area contributed by atoms with Crippen molar-refractivity contribution in [3.8, 4) is 11.3 Å². The molecule has 0 aliphatic heterocycles. The number of anilines is 1. The molecule has 2 N–H and O–H groups in total. The summed E-state index contributed by atoms with van der Waals surface area (Å²) >= 11 is 9.65. The van der Waals surface area contributed by atoms with Gasteiger partial charge in [-0.25, -0.2) is 4.98 Å². The monoisotopic (exact) mass is 321 g/mol. The minimum atomic E-state index is 0.583. The van der Waals surface area contributed by atoms with Gasteiger partial charge >= 0.3 is 0 Å². The lowest BCUT2D eigenvalue weighted by Crippen LogP contribution is -1.94. The smallest absolute Gasteiger partial charge is 0.153 e. The lowest BCUT2D eigenvalue weighted by molar-refractivity contribution is 1.19. The molecule has 5 heteroatoms. The molecule has 0 aliphatic carbocycles. The van der Waals surface area contributed by atoms with Gasteiger partial charge in [0.2, 0.25) is 0 Å². The number of imidazole rings is 1. The Morgan fingerprint density at radius 2 is 1.94 bits per heavy atom. The molecule has 0 amide bonds. The number of nitrogen functional groups attached to an aromatic ring is 1. The second kappa shape index (κ2) is 4.30. The van der Waals surface area contributed by atoms with Crippen LogP contribution in [0.5, 0.6) is 0 Å². The van der Waals surface area contributed by atoms with Gasteiger partial charge in [-0.05, 0) is 34.1 Å². The van der Waals surface area contributed by atoms with E-state index >= 15 is 0 Å². The topological polar surface area (TPSA) is 43.3 Å². The quantitative estimate of drug-likeness (QED) is 0.736. The summed E-state index contributed by atoms with van der Waals surface area (Å²) in [4.78, 5) is 4.55. The molecule has 0 spiro atoms. The zero-order valence-electron chi connectivity index (χ0n) is 9.27. The van der Waals surface area contributed by atoms with Crippen LogP contribution in [0, 0.1) is 0 Å². The van der Waals surface area contributed by atoms with Crippen molar-refractivity contribution in [3.63, 3.8) is 0 Å². The molecule has 0 saturated heterocycles. The maximum atomic E-state index is 6.18. The van der Waals surface area contributed by atoms with Gasteiger partial charge in [0.15, 0.2) is 5.65 Å². The van der Waals surface area contributed by atoms with Crippen molar-refractivity contribution in [2.75, 3.05) is 5.73 Å². The van der Waals surface area contributed by atoms with Gasteiger partial charge in [-0.15, -0.1) is 0 Å². The number of halogens is 2. The van der Waals surface area contributed by atoms with Crippen molar-refractivity contribution in [2.24, 2.45) is 0 Å². The van der Waals surface area contributed by atoms with Gasteiger partial charge in [0.25, 0.3) is 0 Å². The third-order valence-corrected chi connectivity index (χ3v) is 3.72. The van der Waals surface area contributed by atoms with Crippen LogP contribution in [0.4, 0.5) is 5.82 Å². The van der Waals surface area contributed by atoms with Gasteiger partial charge in [0.1, 0.15) is 11.5 Å². The Morgan fingerprint density at radius 1 is 1.17 bits per heavy atom. The molecular formula is C13H9BrClN3. The van der Waals surface area contributed by atoms with Crippen LogP contribution in [-0.4, -0.2) is 9.38 Å². The lowest BCUT2D eigenvalue weighted by atomic mass is 10.1. The van der Waals surface area contributed by atoms with E-state index in [4.69, 9.17) is 17.3 Å².